The summed E-state index contributed by atoms with van der Waals surface area (Å²) in [6.07, 6.45) is 1.30. The lowest BCUT2D eigenvalue weighted by Gasteiger charge is -2.10. The molecule has 1 aromatic heterocycles. The van der Waals surface area contributed by atoms with Crippen LogP contribution >= 0.6 is 27.5 Å². The topological polar surface area (TPSA) is 85.8 Å². The highest BCUT2D eigenvalue weighted by Crippen LogP contribution is 2.29. The molecule has 1 heterocycles. The van der Waals surface area contributed by atoms with E-state index in [2.05, 4.69) is 55.6 Å². The van der Waals surface area contributed by atoms with Gasteiger partial charge in [-0.15, -0.1) is 0 Å². The minimum Gasteiger partial charge on any atom is -0.292 e. The predicted molar refractivity (Wildman–Crippen MR) is 93.6 cm³/mol. The number of hydrogen-bond donors (Lipinski definition) is 2. The van der Waals surface area contributed by atoms with Crippen molar-refractivity contribution in [2.24, 2.45) is 5.84 Å². The first-order valence-electron chi connectivity index (χ1n) is 6.57. The van der Waals surface area contributed by atoms with Crippen molar-refractivity contribution in [3.05, 3.63) is 68.8 Å². The molecule has 23 heavy (non-hydrogen) atoms. The number of hydrazine groups is 1. The lowest BCUT2D eigenvalue weighted by atomic mass is 9.95. The Bertz CT molecular complexity index is 869. The van der Waals surface area contributed by atoms with Gasteiger partial charge < -0.3 is 0 Å². The quantitative estimate of drug-likeness (QED) is 0.404. The monoisotopic (exact) mass is 391 g/mol. The van der Waals surface area contributed by atoms with Gasteiger partial charge in [0.05, 0.1) is 10.7 Å². The lowest BCUT2D eigenvalue weighted by molar-refractivity contribution is 0.856. The molecule has 2 aliphatic rings. The molecule has 3 N–H and O–H groups in total. The first-order valence-corrected chi connectivity index (χ1v) is 7.74. The van der Waals surface area contributed by atoms with Gasteiger partial charge in [0, 0.05) is 4.47 Å². The van der Waals surface area contributed by atoms with Crippen LogP contribution in [0.3, 0.4) is 0 Å². The van der Waals surface area contributed by atoms with E-state index < -0.39 is 5.69 Å². The summed E-state index contributed by atoms with van der Waals surface area (Å²) in [6, 6.07) is 13.7. The van der Waals surface area contributed by atoms with Crippen LogP contribution in [-0.2, 0) is 0 Å². The Morgan fingerprint density at radius 1 is 1.13 bits per heavy atom. The Labute approximate surface area is 145 Å². The van der Waals surface area contributed by atoms with Crippen LogP contribution in [0, 0.1) is 0 Å². The molecule has 0 atom stereocenters. The number of anilines is 1. The van der Waals surface area contributed by atoms with E-state index >= 15 is 0 Å². The van der Waals surface area contributed by atoms with Crippen molar-refractivity contribution < 1.29 is 0 Å². The number of nitrogen functional groups attached to an aromatic ring is 1. The predicted octanol–water partition coefficient (Wildman–Crippen LogP) is 3.00. The maximum Gasteiger partial charge on any atom is 0.356 e. The molecule has 0 fully saturated rings. The van der Waals surface area contributed by atoms with E-state index in [1.165, 1.54) is 22.0 Å². The minimum atomic E-state index is -0.526. The average molecular weight is 393 g/mol. The summed E-state index contributed by atoms with van der Waals surface area (Å²) in [5.74, 6) is 5.16. The third kappa shape index (κ3) is 3.12. The van der Waals surface area contributed by atoms with E-state index in [-0.39, 0.29) is 5.95 Å². The molecule has 0 bridgehead atoms. The van der Waals surface area contributed by atoms with E-state index in [1.807, 2.05) is 0 Å². The van der Waals surface area contributed by atoms with Crippen LogP contribution in [0.4, 0.5) is 5.95 Å². The Hall–Kier alpha value is -2.22. The number of fused-ring (bicyclic) bond motifs is 1. The third-order valence-electron chi connectivity index (χ3n) is 3.23. The second-order valence-corrected chi connectivity index (χ2v) is 5.89. The van der Waals surface area contributed by atoms with Gasteiger partial charge in [-0.05, 0) is 39.2 Å². The zero-order chi connectivity index (χ0) is 16.4. The molecule has 0 spiro atoms. The molecule has 0 amide bonds. The fraction of sp³-hybridized carbons (Fsp3) is 0. The summed E-state index contributed by atoms with van der Waals surface area (Å²) in [7, 11) is 0. The van der Waals surface area contributed by atoms with Gasteiger partial charge in [0.25, 0.3) is 0 Å². The zero-order valence-corrected chi connectivity index (χ0v) is 14.0. The molecule has 0 aliphatic heterocycles. The van der Waals surface area contributed by atoms with Crippen LogP contribution in [-0.4, -0.2) is 14.5 Å². The van der Waals surface area contributed by atoms with Crippen molar-refractivity contribution in [1.82, 2.24) is 14.5 Å². The molecule has 2 aliphatic carbocycles. The summed E-state index contributed by atoms with van der Waals surface area (Å²) in [5.41, 5.74) is 5.01. The van der Waals surface area contributed by atoms with Crippen LogP contribution in [0.2, 0.25) is 5.02 Å². The maximum absolute atomic E-state index is 11.7. The van der Waals surface area contributed by atoms with E-state index in [0.717, 1.165) is 0 Å². The Morgan fingerprint density at radius 2 is 1.78 bits per heavy atom. The van der Waals surface area contributed by atoms with E-state index in [9.17, 15) is 4.79 Å². The normalized spacial score (nSPS) is 10.6. The van der Waals surface area contributed by atoms with Gasteiger partial charge >= 0.3 is 5.69 Å². The number of para-hydroxylation sites is 1. The molecule has 6 nitrogen and oxygen atoms in total. The van der Waals surface area contributed by atoms with Crippen molar-refractivity contribution in [2.45, 2.75) is 0 Å². The molecule has 4 rings (SSSR count). The summed E-state index contributed by atoms with van der Waals surface area (Å²) < 4.78 is 1.90. The number of rotatable bonds is 2. The number of aromatic nitrogens is 3. The summed E-state index contributed by atoms with van der Waals surface area (Å²) in [6.45, 7) is 0. The van der Waals surface area contributed by atoms with Gasteiger partial charge in [-0.1, -0.05) is 41.9 Å². The number of benzene rings is 2. The van der Waals surface area contributed by atoms with Gasteiger partial charge in [-0.2, -0.15) is 4.98 Å². The van der Waals surface area contributed by atoms with Crippen molar-refractivity contribution in [3.63, 3.8) is 0 Å². The molecule has 116 valence electrons. The second kappa shape index (κ2) is 6.49. The molecule has 8 heteroatoms. The van der Waals surface area contributed by atoms with Gasteiger partial charge in [0.15, 0.2) is 0 Å². The van der Waals surface area contributed by atoms with E-state index in [0.29, 0.717) is 15.2 Å². The summed E-state index contributed by atoms with van der Waals surface area (Å²) >= 11 is 9.34. The highest BCUT2D eigenvalue weighted by molar-refractivity contribution is 9.10. The molecule has 0 radical (unpaired) electrons. The molecule has 1 aromatic carbocycles. The smallest absolute Gasteiger partial charge is 0.292 e. The van der Waals surface area contributed by atoms with Crippen LogP contribution in [0.15, 0.2) is 58.1 Å². The number of nitrogens with one attached hydrogen (secondary N) is 1. The molecular weight excluding hydrogens is 382 g/mol. The van der Waals surface area contributed by atoms with Gasteiger partial charge in [-0.25, -0.2) is 20.2 Å². The highest BCUT2D eigenvalue weighted by Gasteiger charge is 2.10. The minimum absolute atomic E-state index is 0.0504. The number of nitrogens with two attached hydrogens (primary N) is 1. The summed E-state index contributed by atoms with van der Waals surface area (Å²) in [5, 5.41) is 0.415. The van der Waals surface area contributed by atoms with Crippen LogP contribution < -0.4 is 17.0 Å². The molecule has 0 unspecified atom stereocenters. The standard InChI is InChI=1S/C9H7BrClN5O.C6H4/c10-5-2-1-3-6(11)7(5)16-4-13-8(15-12)14-9(16)17;1-2-6-4-3-5(1)6/h1-4H,12H2,(H,14,15,17);1-4H. The SMILES string of the molecule is NNc1ncn(-c2c(Cl)cccc2Br)c(=O)n1.c1cc2ccc1-2. The molecule has 2 aromatic rings. The number of nitrogens with zero attached hydrogens (tertiary/aromatic N) is 3. The first kappa shape index (κ1) is 15.7. The highest BCUT2D eigenvalue weighted by atomic mass is 79.9. The van der Waals surface area contributed by atoms with Gasteiger partial charge in [0.1, 0.15) is 6.33 Å². The number of hydrogen-bond acceptors (Lipinski definition) is 5. The molecular formula is C15H11BrClN5O. The first-order chi connectivity index (χ1) is 11.1. The molecule has 0 saturated carbocycles. The third-order valence-corrected chi connectivity index (χ3v) is 4.17. The Balaban J connectivity index is 0.000000213. The Kier molecular flexibility index (Phi) is 4.42. The maximum atomic E-state index is 11.7. The van der Waals surface area contributed by atoms with Gasteiger partial charge in [0.2, 0.25) is 5.95 Å². The number of halogens is 2. The summed E-state index contributed by atoms with van der Waals surface area (Å²) in [4.78, 5) is 19.2. The van der Waals surface area contributed by atoms with E-state index in [1.54, 1.807) is 18.2 Å². The van der Waals surface area contributed by atoms with Crippen molar-refractivity contribution in [2.75, 3.05) is 5.43 Å². The Morgan fingerprint density at radius 3 is 2.22 bits per heavy atom. The average Bonchev–Trinajstić information content (AvgIpc) is 2.52. The van der Waals surface area contributed by atoms with Crippen LogP contribution in [0.1, 0.15) is 0 Å². The van der Waals surface area contributed by atoms with Gasteiger partial charge in [-0.3, -0.25) is 5.43 Å². The second-order valence-electron chi connectivity index (χ2n) is 4.62. The zero-order valence-electron chi connectivity index (χ0n) is 11.7. The lowest BCUT2D eigenvalue weighted by Crippen LogP contribution is -2.25. The van der Waals surface area contributed by atoms with Crippen LogP contribution in [0.25, 0.3) is 16.8 Å². The van der Waals surface area contributed by atoms with Crippen molar-refractivity contribution in [3.8, 4) is 16.8 Å². The molecule has 0 saturated heterocycles. The fourth-order valence-electron chi connectivity index (χ4n) is 1.94. The fourth-order valence-corrected chi connectivity index (χ4v) is 2.88. The van der Waals surface area contributed by atoms with Crippen molar-refractivity contribution in [1.29, 1.82) is 0 Å². The van der Waals surface area contributed by atoms with Crippen molar-refractivity contribution >= 4 is 33.5 Å². The van der Waals surface area contributed by atoms with E-state index in [4.69, 9.17) is 17.4 Å². The van der Waals surface area contributed by atoms with Crippen LogP contribution in [0.5, 0.6) is 0 Å². The largest absolute Gasteiger partial charge is 0.356 e.